The molecule has 27 heavy (non-hydrogen) atoms. The minimum atomic E-state index is 1.02. The second-order valence-corrected chi connectivity index (χ2v) is 10.1. The van der Waals surface area contributed by atoms with Crippen molar-refractivity contribution in [3.8, 4) is 11.8 Å². The molecule has 0 unspecified atom stereocenters. The number of unbranched alkanes of at least 4 members (excludes halogenated alkanes) is 4. The number of thiophene rings is 3. The van der Waals surface area contributed by atoms with Crippen LogP contribution in [0.4, 0.5) is 0 Å². The van der Waals surface area contributed by atoms with Crippen LogP contribution >= 0.6 is 34.0 Å². The predicted molar refractivity (Wildman–Crippen MR) is 126 cm³/mol. The van der Waals surface area contributed by atoms with Gasteiger partial charge in [0.25, 0.3) is 0 Å². The molecule has 0 atom stereocenters. The number of hydrogen-bond acceptors (Lipinski definition) is 3. The summed E-state index contributed by atoms with van der Waals surface area (Å²) in [6.07, 6.45) is 6.16. The summed E-state index contributed by atoms with van der Waals surface area (Å²) in [6, 6.07) is 13.9. The first-order valence-corrected chi connectivity index (χ1v) is 12.1. The summed E-state index contributed by atoms with van der Waals surface area (Å²) < 4.78 is 5.51. The van der Waals surface area contributed by atoms with Crippen molar-refractivity contribution >= 4 is 74.4 Å². The Morgan fingerprint density at radius 1 is 0.778 bits per heavy atom. The summed E-state index contributed by atoms with van der Waals surface area (Å²) >= 11 is 5.57. The quantitative estimate of drug-likeness (QED) is 0.207. The average molecular weight is 405 g/mol. The third-order valence-electron chi connectivity index (χ3n) is 5.05. The van der Waals surface area contributed by atoms with Gasteiger partial charge < -0.3 is 0 Å². The molecule has 0 aliphatic rings. The van der Waals surface area contributed by atoms with E-state index in [9.17, 15) is 0 Å². The molecule has 0 amide bonds. The summed E-state index contributed by atoms with van der Waals surface area (Å²) in [5.41, 5.74) is 0. The topological polar surface area (TPSA) is 0 Å². The molecule has 3 aromatic heterocycles. The van der Waals surface area contributed by atoms with Crippen LogP contribution in [0.1, 0.15) is 43.9 Å². The van der Waals surface area contributed by atoms with Crippen molar-refractivity contribution in [3.05, 3.63) is 46.7 Å². The predicted octanol–water partition coefficient (Wildman–Crippen LogP) is 8.81. The molecule has 5 rings (SSSR count). The summed E-state index contributed by atoms with van der Waals surface area (Å²) in [7, 11) is 0. The van der Waals surface area contributed by atoms with E-state index in [0.717, 1.165) is 6.42 Å². The van der Waals surface area contributed by atoms with Crippen LogP contribution in [0, 0.1) is 11.8 Å². The van der Waals surface area contributed by atoms with Crippen LogP contribution in [0.2, 0.25) is 0 Å². The van der Waals surface area contributed by atoms with Gasteiger partial charge >= 0.3 is 0 Å². The molecule has 0 spiro atoms. The molecule has 0 fully saturated rings. The van der Waals surface area contributed by atoms with Gasteiger partial charge in [0.1, 0.15) is 0 Å². The second-order valence-electron chi connectivity index (χ2n) is 7.02. The van der Waals surface area contributed by atoms with Gasteiger partial charge in [0.15, 0.2) is 0 Å². The van der Waals surface area contributed by atoms with Crippen LogP contribution in [0.5, 0.6) is 0 Å². The molecule has 0 saturated carbocycles. The van der Waals surface area contributed by atoms with Crippen molar-refractivity contribution in [1.82, 2.24) is 0 Å². The molecule has 3 heteroatoms. The largest absolute Gasteiger partial charge is 0.144 e. The van der Waals surface area contributed by atoms with E-state index in [4.69, 9.17) is 0 Å². The van der Waals surface area contributed by atoms with Crippen LogP contribution < -0.4 is 0 Å². The van der Waals surface area contributed by atoms with Gasteiger partial charge in [-0.2, -0.15) is 0 Å². The maximum atomic E-state index is 3.39. The van der Waals surface area contributed by atoms with Crippen molar-refractivity contribution in [2.75, 3.05) is 0 Å². The lowest BCUT2D eigenvalue weighted by molar-refractivity contribution is 0.679. The van der Waals surface area contributed by atoms with Gasteiger partial charge in [0, 0.05) is 36.0 Å². The first-order chi connectivity index (χ1) is 13.3. The van der Waals surface area contributed by atoms with E-state index in [-0.39, 0.29) is 0 Å². The van der Waals surface area contributed by atoms with Gasteiger partial charge in [-0.05, 0) is 59.0 Å². The molecule has 5 aromatic rings. The SMILES string of the molecule is CCCCCCC#Cc1cc2cc3c(cc2s1)sc1cc2sccc2cc13. The minimum absolute atomic E-state index is 1.02. The van der Waals surface area contributed by atoms with E-state index in [0.29, 0.717) is 0 Å². The van der Waals surface area contributed by atoms with Gasteiger partial charge in [0.05, 0.1) is 4.88 Å². The summed E-state index contributed by atoms with van der Waals surface area (Å²) in [6.45, 7) is 2.25. The van der Waals surface area contributed by atoms with Crippen LogP contribution in [-0.4, -0.2) is 0 Å². The number of fused-ring (bicyclic) bond motifs is 5. The van der Waals surface area contributed by atoms with Gasteiger partial charge in [-0.3, -0.25) is 0 Å². The minimum Gasteiger partial charge on any atom is -0.144 e. The van der Waals surface area contributed by atoms with E-state index < -0.39 is 0 Å². The highest BCUT2D eigenvalue weighted by Gasteiger charge is 2.10. The number of rotatable bonds is 4. The molecule has 0 saturated heterocycles. The highest BCUT2D eigenvalue weighted by molar-refractivity contribution is 7.27. The Balaban J connectivity index is 1.51. The van der Waals surface area contributed by atoms with Crippen molar-refractivity contribution in [2.45, 2.75) is 39.0 Å². The Morgan fingerprint density at radius 3 is 2.44 bits per heavy atom. The van der Waals surface area contributed by atoms with Gasteiger partial charge in [-0.15, -0.1) is 34.0 Å². The molecule has 0 nitrogen and oxygen atoms in total. The lowest BCUT2D eigenvalue weighted by Gasteiger charge is -1.94. The van der Waals surface area contributed by atoms with Crippen LogP contribution in [0.25, 0.3) is 40.3 Å². The number of benzene rings is 2. The second kappa shape index (κ2) is 7.28. The molecule has 0 radical (unpaired) electrons. The summed E-state index contributed by atoms with van der Waals surface area (Å²) in [4.78, 5) is 1.20. The fourth-order valence-corrected chi connectivity index (χ4v) is 6.68. The van der Waals surface area contributed by atoms with Gasteiger partial charge in [0.2, 0.25) is 0 Å². The molecular formula is C24H20S3. The zero-order valence-electron chi connectivity index (χ0n) is 15.3. The highest BCUT2D eigenvalue weighted by atomic mass is 32.1. The van der Waals surface area contributed by atoms with E-state index in [2.05, 4.69) is 60.5 Å². The third kappa shape index (κ3) is 3.27. The molecule has 0 aliphatic carbocycles. The summed E-state index contributed by atoms with van der Waals surface area (Å²) in [5.74, 6) is 6.76. The normalized spacial score (nSPS) is 11.6. The van der Waals surface area contributed by atoms with Crippen molar-refractivity contribution < 1.29 is 0 Å². The number of hydrogen-bond donors (Lipinski definition) is 0. The fraction of sp³-hybridized carbons (Fsp3) is 0.250. The average Bonchev–Trinajstić information content (AvgIpc) is 3.36. The standard InChI is InChI=1S/C24H20S3/c1-2-3-4-5-6-7-8-18-11-17-13-20-19-12-16-9-10-25-21(16)14-23(19)27-24(20)15-22(17)26-18/h9-15H,2-6H2,1H3. The van der Waals surface area contributed by atoms with Crippen molar-refractivity contribution in [3.63, 3.8) is 0 Å². The van der Waals surface area contributed by atoms with E-state index in [1.165, 1.54) is 70.9 Å². The van der Waals surface area contributed by atoms with E-state index >= 15 is 0 Å². The monoisotopic (exact) mass is 404 g/mol. The highest BCUT2D eigenvalue weighted by Crippen LogP contribution is 2.40. The Hall–Kier alpha value is -1.86. The first kappa shape index (κ1) is 17.3. The third-order valence-corrected chi connectivity index (χ3v) is 8.06. The van der Waals surface area contributed by atoms with Crippen LogP contribution in [0.15, 0.2) is 41.8 Å². The van der Waals surface area contributed by atoms with Crippen molar-refractivity contribution in [2.24, 2.45) is 0 Å². The first-order valence-electron chi connectivity index (χ1n) is 9.58. The fourth-order valence-electron chi connectivity index (χ4n) is 3.62. The summed E-state index contributed by atoms with van der Waals surface area (Å²) in [5, 5.41) is 7.63. The molecule has 134 valence electrons. The Morgan fingerprint density at radius 2 is 1.59 bits per heavy atom. The maximum absolute atomic E-state index is 3.39. The zero-order valence-corrected chi connectivity index (χ0v) is 17.8. The smallest absolute Gasteiger partial charge is 0.0781 e. The molecule has 0 aliphatic heterocycles. The van der Waals surface area contributed by atoms with Crippen LogP contribution in [-0.2, 0) is 0 Å². The maximum Gasteiger partial charge on any atom is 0.0781 e. The van der Waals surface area contributed by atoms with Crippen LogP contribution in [0.3, 0.4) is 0 Å². The molecule has 3 heterocycles. The zero-order chi connectivity index (χ0) is 18.2. The lowest BCUT2D eigenvalue weighted by atomic mass is 10.1. The molecule has 2 aromatic carbocycles. The van der Waals surface area contributed by atoms with Gasteiger partial charge in [-0.1, -0.05) is 38.0 Å². The van der Waals surface area contributed by atoms with Gasteiger partial charge in [-0.25, -0.2) is 0 Å². The Kier molecular flexibility index (Phi) is 4.65. The molecular weight excluding hydrogens is 384 g/mol. The van der Waals surface area contributed by atoms with Crippen molar-refractivity contribution in [1.29, 1.82) is 0 Å². The van der Waals surface area contributed by atoms with E-state index in [1.54, 1.807) is 0 Å². The Bertz CT molecular complexity index is 1320. The Labute approximate surface area is 171 Å². The lowest BCUT2D eigenvalue weighted by Crippen LogP contribution is -1.73. The molecule has 0 bridgehead atoms. The van der Waals surface area contributed by atoms with E-state index in [1.807, 2.05) is 34.0 Å². The molecule has 0 N–H and O–H groups in total.